The number of hydrogen-bond donors (Lipinski definition) is 4. The molecule has 1 aromatic heterocycles. The number of carbonyl (C=O) groups is 1. The molecule has 132 valence electrons. The number of nitrogens with one attached hydrogen (secondary N) is 2. The Labute approximate surface area is 146 Å². The van der Waals surface area contributed by atoms with Gasteiger partial charge in [-0.15, -0.1) is 0 Å². The third-order valence-corrected chi connectivity index (χ3v) is 4.08. The van der Waals surface area contributed by atoms with Crippen LogP contribution in [0.1, 0.15) is 22.3 Å². The lowest BCUT2D eigenvalue weighted by atomic mass is 10.1. The average Bonchev–Trinajstić information content (AvgIpc) is 2.59. The van der Waals surface area contributed by atoms with Gasteiger partial charge in [-0.25, -0.2) is 4.98 Å². The van der Waals surface area contributed by atoms with Crippen LogP contribution in [-0.2, 0) is 4.74 Å². The maximum atomic E-state index is 11.7. The maximum Gasteiger partial charge on any atom is 0.254 e. The second-order valence-corrected chi connectivity index (χ2v) is 6.09. The number of hydrogen-bond acceptors (Lipinski definition) is 7. The Hall–Kier alpha value is -2.71. The molecule has 3 rings (SSSR count). The van der Waals surface area contributed by atoms with E-state index < -0.39 is 5.91 Å². The summed E-state index contributed by atoms with van der Waals surface area (Å²) in [6, 6.07) is 7.62. The highest BCUT2D eigenvalue weighted by atomic mass is 16.5. The van der Waals surface area contributed by atoms with Gasteiger partial charge < -0.3 is 26.8 Å². The Morgan fingerprint density at radius 2 is 2.08 bits per heavy atom. The number of anilines is 3. The molecule has 1 fully saturated rings. The molecule has 0 aliphatic carbocycles. The zero-order valence-electron chi connectivity index (χ0n) is 14.0. The van der Waals surface area contributed by atoms with Gasteiger partial charge in [-0.05, 0) is 25.5 Å². The molecule has 25 heavy (non-hydrogen) atoms. The van der Waals surface area contributed by atoms with Crippen molar-refractivity contribution in [3.05, 3.63) is 41.6 Å². The van der Waals surface area contributed by atoms with Crippen molar-refractivity contribution in [3.8, 4) is 0 Å². The van der Waals surface area contributed by atoms with Gasteiger partial charge in [-0.2, -0.15) is 4.98 Å². The van der Waals surface area contributed by atoms with Crippen molar-refractivity contribution < 1.29 is 9.53 Å². The van der Waals surface area contributed by atoms with Crippen LogP contribution in [0.4, 0.5) is 17.5 Å². The number of nitrogens with zero attached hydrogens (tertiary/aromatic N) is 2. The number of primary amides is 1. The largest absolute Gasteiger partial charge is 0.380 e. The molecule has 2 atom stereocenters. The summed E-state index contributed by atoms with van der Waals surface area (Å²) < 4.78 is 5.33. The van der Waals surface area contributed by atoms with Gasteiger partial charge in [0.05, 0.1) is 6.61 Å². The monoisotopic (exact) mass is 342 g/mol. The summed E-state index contributed by atoms with van der Waals surface area (Å²) >= 11 is 0. The van der Waals surface area contributed by atoms with Gasteiger partial charge in [-0.1, -0.05) is 17.7 Å². The first-order valence-corrected chi connectivity index (χ1v) is 8.13. The molecule has 1 aliphatic heterocycles. The lowest BCUT2D eigenvalue weighted by Crippen LogP contribution is -2.47. The van der Waals surface area contributed by atoms with Crippen LogP contribution < -0.4 is 22.1 Å². The van der Waals surface area contributed by atoms with Crippen LogP contribution >= 0.6 is 0 Å². The zero-order valence-corrected chi connectivity index (χ0v) is 14.0. The summed E-state index contributed by atoms with van der Waals surface area (Å²) in [6.45, 7) is 3.13. The topological polar surface area (TPSA) is 128 Å². The van der Waals surface area contributed by atoms with E-state index in [4.69, 9.17) is 16.2 Å². The van der Waals surface area contributed by atoms with E-state index in [2.05, 4.69) is 20.6 Å². The molecule has 1 saturated heterocycles. The molecule has 0 saturated carbocycles. The van der Waals surface area contributed by atoms with Gasteiger partial charge in [0.15, 0.2) is 0 Å². The summed E-state index contributed by atoms with van der Waals surface area (Å²) in [5.74, 6) is 0.153. The fourth-order valence-electron chi connectivity index (χ4n) is 2.61. The third-order valence-electron chi connectivity index (χ3n) is 4.08. The Morgan fingerprint density at radius 1 is 1.32 bits per heavy atom. The highest BCUT2D eigenvalue weighted by molar-refractivity contribution is 5.98. The van der Waals surface area contributed by atoms with Crippen molar-refractivity contribution in [2.75, 3.05) is 23.8 Å². The molecule has 2 heterocycles. The highest BCUT2D eigenvalue weighted by Gasteiger charge is 2.23. The van der Waals surface area contributed by atoms with Crippen molar-refractivity contribution in [2.24, 2.45) is 11.5 Å². The fourth-order valence-corrected chi connectivity index (χ4v) is 2.61. The minimum absolute atomic E-state index is 0.0143. The van der Waals surface area contributed by atoms with E-state index in [1.165, 1.54) is 6.20 Å². The summed E-state index contributed by atoms with van der Waals surface area (Å²) in [4.78, 5) is 20.3. The second-order valence-electron chi connectivity index (χ2n) is 6.09. The van der Waals surface area contributed by atoms with Crippen molar-refractivity contribution in [1.82, 2.24) is 9.97 Å². The number of carbonyl (C=O) groups excluding carboxylic acids is 1. The first-order valence-electron chi connectivity index (χ1n) is 8.13. The van der Waals surface area contributed by atoms with Crippen molar-refractivity contribution in [1.29, 1.82) is 0 Å². The predicted molar refractivity (Wildman–Crippen MR) is 95.8 cm³/mol. The molecule has 0 spiro atoms. The molecular weight excluding hydrogens is 320 g/mol. The highest BCUT2D eigenvalue weighted by Crippen LogP contribution is 2.21. The maximum absolute atomic E-state index is 11.7. The summed E-state index contributed by atoms with van der Waals surface area (Å²) in [5.41, 5.74) is 13.6. The van der Waals surface area contributed by atoms with Gasteiger partial charge >= 0.3 is 0 Å². The predicted octanol–water partition coefficient (Wildman–Crippen LogP) is 1.16. The minimum Gasteiger partial charge on any atom is -0.380 e. The number of aromatic nitrogens is 2. The van der Waals surface area contributed by atoms with E-state index in [1.54, 1.807) is 0 Å². The Morgan fingerprint density at radius 3 is 2.76 bits per heavy atom. The van der Waals surface area contributed by atoms with E-state index in [0.29, 0.717) is 25.0 Å². The van der Waals surface area contributed by atoms with E-state index in [1.807, 2.05) is 31.2 Å². The van der Waals surface area contributed by atoms with E-state index >= 15 is 0 Å². The molecule has 2 aromatic rings. The van der Waals surface area contributed by atoms with Crippen LogP contribution in [0, 0.1) is 6.92 Å². The first-order chi connectivity index (χ1) is 12.0. The van der Waals surface area contributed by atoms with Crippen LogP contribution in [0.15, 0.2) is 30.5 Å². The van der Waals surface area contributed by atoms with Gasteiger partial charge in [0.2, 0.25) is 5.95 Å². The van der Waals surface area contributed by atoms with Crippen LogP contribution in [0.25, 0.3) is 0 Å². The molecule has 0 unspecified atom stereocenters. The van der Waals surface area contributed by atoms with E-state index in [-0.39, 0.29) is 17.6 Å². The molecule has 8 nitrogen and oxygen atoms in total. The summed E-state index contributed by atoms with van der Waals surface area (Å²) in [5, 5.41) is 6.33. The van der Waals surface area contributed by atoms with Crippen LogP contribution in [0.5, 0.6) is 0 Å². The van der Waals surface area contributed by atoms with Crippen molar-refractivity contribution in [2.45, 2.75) is 25.4 Å². The number of aryl methyl sites for hydroxylation is 1. The van der Waals surface area contributed by atoms with Gasteiger partial charge in [0, 0.05) is 30.6 Å². The van der Waals surface area contributed by atoms with E-state index in [0.717, 1.165) is 17.7 Å². The first kappa shape index (κ1) is 17.1. The summed E-state index contributed by atoms with van der Waals surface area (Å²) in [6.07, 6.45) is 2.18. The molecule has 1 amide bonds. The fraction of sp³-hybridized carbons (Fsp3) is 0.353. The molecule has 1 aromatic carbocycles. The molecule has 0 bridgehead atoms. The average molecular weight is 342 g/mol. The summed E-state index contributed by atoms with van der Waals surface area (Å²) in [7, 11) is 0. The Kier molecular flexibility index (Phi) is 5.11. The molecular formula is C17H22N6O2. The van der Waals surface area contributed by atoms with Gasteiger partial charge in [-0.3, -0.25) is 4.79 Å². The quantitative estimate of drug-likeness (QED) is 0.641. The van der Waals surface area contributed by atoms with Crippen LogP contribution in [-0.4, -0.2) is 41.2 Å². The number of benzene rings is 1. The number of nitrogens with two attached hydrogens (primary N) is 2. The molecule has 1 aliphatic rings. The van der Waals surface area contributed by atoms with Gasteiger partial charge in [0.1, 0.15) is 11.4 Å². The molecule has 6 N–H and O–H groups in total. The standard InChI is InChI=1S/C17H22N6O2/c1-10-2-4-11(5-3-10)21-16-12(15(19)24)8-20-17(23-16)22-14-6-7-25-9-13(14)18/h2-5,8,13-14H,6-7,9,18H2,1H3,(H2,19,24)(H2,20,21,22,23)/t13-,14+/m1/s1. The second kappa shape index (κ2) is 7.45. The van der Waals surface area contributed by atoms with Crippen LogP contribution in [0.2, 0.25) is 0 Å². The van der Waals surface area contributed by atoms with Gasteiger partial charge in [0.25, 0.3) is 5.91 Å². The normalized spacial score (nSPS) is 20.1. The Bertz CT molecular complexity index is 749. The Balaban J connectivity index is 1.83. The minimum atomic E-state index is -0.594. The molecule has 8 heteroatoms. The SMILES string of the molecule is Cc1ccc(Nc2nc(N[C@H]3CCOC[C@H]3N)ncc2C(N)=O)cc1. The van der Waals surface area contributed by atoms with E-state index in [9.17, 15) is 4.79 Å². The lowest BCUT2D eigenvalue weighted by Gasteiger charge is -2.29. The van der Waals surface area contributed by atoms with Crippen LogP contribution in [0.3, 0.4) is 0 Å². The molecule has 0 radical (unpaired) electrons. The lowest BCUT2D eigenvalue weighted by molar-refractivity contribution is 0.0751. The third kappa shape index (κ3) is 4.23. The number of amides is 1. The number of rotatable bonds is 5. The zero-order chi connectivity index (χ0) is 17.8. The smallest absolute Gasteiger partial charge is 0.254 e. The van der Waals surface area contributed by atoms with Crippen molar-refractivity contribution >= 4 is 23.4 Å². The van der Waals surface area contributed by atoms with Crippen molar-refractivity contribution in [3.63, 3.8) is 0 Å². The number of ether oxygens (including phenoxy) is 1.